The van der Waals surface area contributed by atoms with Gasteiger partial charge in [0.2, 0.25) is 5.91 Å². The van der Waals surface area contributed by atoms with Gasteiger partial charge in [0, 0.05) is 31.0 Å². The molecule has 2 aromatic rings. The fourth-order valence-corrected chi connectivity index (χ4v) is 2.67. The number of nitrogens with two attached hydrogens (primary N) is 1. The highest BCUT2D eigenvalue weighted by molar-refractivity contribution is 5.98. The van der Waals surface area contributed by atoms with Crippen LogP contribution in [0.15, 0.2) is 36.7 Å². The van der Waals surface area contributed by atoms with Crippen LogP contribution in [0.2, 0.25) is 0 Å². The monoisotopic (exact) mass is 270 g/mol. The minimum atomic E-state index is -0.658. The molecule has 1 aromatic heterocycles. The van der Waals surface area contributed by atoms with Crippen LogP contribution < -0.4 is 10.6 Å². The number of carbonyl (C=O) groups is 1. The van der Waals surface area contributed by atoms with E-state index in [1.165, 1.54) is 5.56 Å². The van der Waals surface area contributed by atoms with Gasteiger partial charge in [-0.15, -0.1) is 0 Å². The van der Waals surface area contributed by atoms with Crippen molar-refractivity contribution in [1.82, 2.24) is 9.78 Å². The summed E-state index contributed by atoms with van der Waals surface area (Å²) < 4.78 is 1.66. The molecule has 0 saturated carbocycles. The normalized spacial score (nSPS) is 15.8. The van der Waals surface area contributed by atoms with Crippen LogP contribution in [-0.2, 0) is 18.3 Å². The summed E-state index contributed by atoms with van der Waals surface area (Å²) in [5, 5.41) is 4.08. The van der Waals surface area contributed by atoms with Crippen LogP contribution in [0.5, 0.6) is 0 Å². The zero-order chi connectivity index (χ0) is 14.1. The van der Waals surface area contributed by atoms with Crippen LogP contribution in [0.4, 0.5) is 5.69 Å². The summed E-state index contributed by atoms with van der Waals surface area (Å²) in [7, 11) is 1.82. The number of amides is 1. The fraction of sp³-hybridized carbons (Fsp3) is 0.333. The summed E-state index contributed by atoms with van der Waals surface area (Å²) in [6.45, 7) is 0.726. The summed E-state index contributed by atoms with van der Waals surface area (Å²) in [5.41, 5.74) is 9.05. The molecule has 0 spiro atoms. The second-order valence-corrected chi connectivity index (χ2v) is 5.15. The topological polar surface area (TPSA) is 64.2 Å². The summed E-state index contributed by atoms with van der Waals surface area (Å²) >= 11 is 0. The molecule has 0 aliphatic carbocycles. The van der Waals surface area contributed by atoms with Crippen molar-refractivity contribution in [2.24, 2.45) is 12.8 Å². The van der Waals surface area contributed by atoms with Gasteiger partial charge in [-0.05, 0) is 24.5 Å². The Balaban J connectivity index is 1.88. The number of benzene rings is 1. The lowest BCUT2D eigenvalue weighted by Gasteiger charge is -2.31. The van der Waals surface area contributed by atoms with Gasteiger partial charge in [0.15, 0.2) is 0 Å². The Hall–Kier alpha value is -2.14. The molecular weight excluding hydrogens is 252 g/mol. The number of aryl methyl sites for hydroxylation is 2. The Morgan fingerprint density at radius 2 is 2.20 bits per heavy atom. The maximum atomic E-state index is 12.6. The van der Waals surface area contributed by atoms with Crippen molar-refractivity contribution in [3.05, 3.63) is 47.8 Å². The molecule has 2 N–H and O–H groups in total. The predicted molar refractivity (Wildman–Crippen MR) is 77.3 cm³/mol. The number of rotatable bonds is 2. The minimum Gasteiger partial charge on any atom is -0.316 e. The zero-order valence-corrected chi connectivity index (χ0v) is 11.5. The number of nitrogens with zero attached hydrogens (tertiary/aromatic N) is 3. The lowest BCUT2D eigenvalue weighted by Crippen LogP contribution is -2.41. The molecular formula is C15H18N4O. The molecule has 3 rings (SSSR count). The molecule has 1 amide bonds. The molecule has 20 heavy (non-hydrogen) atoms. The minimum absolute atomic E-state index is 0.0647. The highest BCUT2D eigenvalue weighted by Crippen LogP contribution is 2.28. The number of hydrogen-bond donors (Lipinski definition) is 1. The van der Waals surface area contributed by atoms with E-state index in [9.17, 15) is 4.79 Å². The van der Waals surface area contributed by atoms with Gasteiger partial charge in [-0.3, -0.25) is 9.48 Å². The first kappa shape index (κ1) is 12.9. The summed E-state index contributed by atoms with van der Waals surface area (Å²) in [5.74, 6) is -0.0647. The maximum Gasteiger partial charge on any atom is 0.248 e. The van der Waals surface area contributed by atoms with E-state index in [0.717, 1.165) is 30.6 Å². The third kappa shape index (κ3) is 2.20. The first-order chi connectivity index (χ1) is 9.66. The van der Waals surface area contributed by atoms with Crippen molar-refractivity contribution in [3.63, 3.8) is 0 Å². The van der Waals surface area contributed by atoms with Crippen molar-refractivity contribution in [2.75, 3.05) is 11.4 Å². The summed E-state index contributed by atoms with van der Waals surface area (Å²) in [4.78, 5) is 14.4. The molecule has 5 nitrogen and oxygen atoms in total. The van der Waals surface area contributed by atoms with Gasteiger partial charge in [0.25, 0.3) is 0 Å². The zero-order valence-electron chi connectivity index (χ0n) is 11.5. The Morgan fingerprint density at radius 3 is 2.95 bits per heavy atom. The molecule has 0 saturated heterocycles. The number of anilines is 1. The van der Waals surface area contributed by atoms with E-state index in [4.69, 9.17) is 5.73 Å². The fourth-order valence-electron chi connectivity index (χ4n) is 2.67. The van der Waals surface area contributed by atoms with Crippen molar-refractivity contribution in [1.29, 1.82) is 0 Å². The predicted octanol–water partition coefficient (Wildman–Crippen LogP) is 1.40. The molecule has 0 fully saturated rings. The standard InChI is InChI=1S/C15H18N4O/c1-18-10-12(9-17-18)14(16)15(20)19-8-4-6-11-5-2-3-7-13(11)19/h2-3,5,7,9-10,14H,4,6,8,16H2,1H3. The van der Waals surface area contributed by atoms with Crippen molar-refractivity contribution in [3.8, 4) is 0 Å². The van der Waals surface area contributed by atoms with E-state index in [1.807, 2.05) is 25.2 Å². The SMILES string of the molecule is Cn1cc(C(N)C(=O)N2CCCc3ccccc32)cn1. The largest absolute Gasteiger partial charge is 0.316 e. The maximum absolute atomic E-state index is 12.6. The van der Waals surface area contributed by atoms with E-state index in [1.54, 1.807) is 22.0 Å². The third-order valence-corrected chi connectivity index (χ3v) is 3.73. The summed E-state index contributed by atoms with van der Waals surface area (Å²) in [6.07, 6.45) is 5.43. The molecule has 0 radical (unpaired) electrons. The van der Waals surface area contributed by atoms with Crippen LogP contribution in [0.3, 0.4) is 0 Å². The van der Waals surface area contributed by atoms with E-state index in [2.05, 4.69) is 11.2 Å². The van der Waals surface area contributed by atoms with Gasteiger partial charge in [-0.2, -0.15) is 5.10 Å². The van der Waals surface area contributed by atoms with Crippen LogP contribution in [0, 0.1) is 0 Å². The number of fused-ring (bicyclic) bond motifs is 1. The average molecular weight is 270 g/mol. The van der Waals surface area contributed by atoms with Gasteiger partial charge in [0.1, 0.15) is 6.04 Å². The van der Waals surface area contributed by atoms with Crippen molar-refractivity contribution >= 4 is 11.6 Å². The highest BCUT2D eigenvalue weighted by atomic mass is 16.2. The molecule has 2 heterocycles. The van der Waals surface area contributed by atoms with Gasteiger partial charge in [0.05, 0.1) is 6.20 Å². The van der Waals surface area contributed by atoms with Gasteiger partial charge in [-0.25, -0.2) is 0 Å². The van der Waals surface area contributed by atoms with Gasteiger partial charge >= 0.3 is 0 Å². The lowest BCUT2D eigenvalue weighted by molar-refractivity contribution is -0.120. The third-order valence-electron chi connectivity index (χ3n) is 3.73. The molecule has 104 valence electrons. The quantitative estimate of drug-likeness (QED) is 0.897. The molecule has 0 bridgehead atoms. The summed E-state index contributed by atoms with van der Waals surface area (Å²) in [6, 6.07) is 7.37. The second kappa shape index (κ2) is 5.09. The molecule has 1 aliphatic heterocycles. The Kier molecular flexibility index (Phi) is 3.28. The van der Waals surface area contributed by atoms with Crippen molar-refractivity contribution < 1.29 is 4.79 Å². The second-order valence-electron chi connectivity index (χ2n) is 5.15. The van der Waals surface area contributed by atoms with E-state index in [0.29, 0.717) is 0 Å². The molecule has 5 heteroatoms. The van der Waals surface area contributed by atoms with Crippen LogP contribution >= 0.6 is 0 Å². The first-order valence-corrected chi connectivity index (χ1v) is 6.80. The number of carbonyl (C=O) groups excluding carboxylic acids is 1. The van der Waals surface area contributed by atoms with Crippen molar-refractivity contribution in [2.45, 2.75) is 18.9 Å². The Labute approximate surface area is 118 Å². The average Bonchev–Trinajstić information content (AvgIpc) is 2.91. The molecule has 1 aromatic carbocycles. The number of para-hydroxylation sites is 1. The number of aromatic nitrogens is 2. The highest BCUT2D eigenvalue weighted by Gasteiger charge is 2.27. The van der Waals surface area contributed by atoms with E-state index in [-0.39, 0.29) is 5.91 Å². The lowest BCUT2D eigenvalue weighted by atomic mass is 10.0. The van der Waals surface area contributed by atoms with Crippen LogP contribution in [0.1, 0.15) is 23.6 Å². The molecule has 1 unspecified atom stereocenters. The Morgan fingerprint density at radius 1 is 1.40 bits per heavy atom. The van der Waals surface area contributed by atoms with Gasteiger partial charge < -0.3 is 10.6 Å². The van der Waals surface area contributed by atoms with Crippen LogP contribution in [0.25, 0.3) is 0 Å². The Bertz CT molecular complexity index is 634. The van der Waals surface area contributed by atoms with Crippen LogP contribution in [-0.4, -0.2) is 22.2 Å². The van der Waals surface area contributed by atoms with E-state index < -0.39 is 6.04 Å². The smallest absolute Gasteiger partial charge is 0.248 e. The molecule has 1 aliphatic rings. The van der Waals surface area contributed by atoms with E-state index >= 15 is 0 Å². The number of hydrogen-bond acceptors (Lipinski definition) is 3. The van der Waals surface area contributed by atoms with Gasteiger partial charge in [-0.1, -0.05) is 18.2 Å². The first-order valence-electron chi connectivity index (χ1n) is 6.80. The molecule has 1 atom stereocenters.